The zero-order valence-electron chi connectivity index (χ0n) is 18.5. The molecule has 1 aliphatic rings. The molecule has 33 heavy (non-hydrogen) atoms. The Labute approximate surface area is 194 Å². The molecule has 1 atom stereocenters. The van der Waals surface area contributed by atoms with Crippen molar-refractivity contribution in [1.82, 2.24) is 14.8 Å². The number of piperazine rings is 1. The number of furan rings is 1. The molecule has 10 heteroatoms. The van der Waals surface area contributed by atoms with E-state index in [2.05, 4.69) is 10.3 Å². The van der Waals surface area contributed by atoms with Crippen molar-refractivity contribution in [2.24, 2.45) is 0 Å². The zero-order chi connectivity index (χ0) is 23.7. The second kappa shape index (κ2) is 9.40. The first-order valence-electron chi connectivity index (χ1n) is 10.5. The van der Waals surface area contributed by atoms with Crippen LogP contribution in [0.5, 0.6) is 0 Å². The maximum Gasteiger partial charge on any atom is 0.257 e. The maximum absolute atomic E-state index is 13.5. The minimum absolute atomic E-state index is 0.0614. The van der Waals surface area contributed by atoms with Crippen LogP contribution in [0.25, 0.3) is 11.3 Å². The van der Waals surface area contributed by atoms with Crippen LogP contribution in [0.1, 0.15) is 28.8 Å². The standard InChI is InChI=1S/C23H24F2N4O3S/c1-13-10-17(15(3)32-13)22(31)29-8-6-28(7-9-29)14(2)21(30)27-23-26-20(12-33-23)16-4-5-18(24)19(25)11-16/h4-5,10-12,14H,6-9H2,1-3H3,(H,26,27,30). The van der Waals surface area contributed by atoms with E-state index in [1.165, 1.54) is 17.4 Å². The molecule has 7 nitrogen and oxygen atoms in total. The van der Waals surface area contributed by atoms with Crippen molar-refractivity contribution in [3.8, 4) is 11.3 Å². The first kappa shape index (κ1) is 23.1. The molecule has 2 aromatic heterocycles. The van der Waals surface area contributed by atoms with Gasteiger partial charge in [-0.2, -0.15) is 0 Å². The Morgan fingerprint density at radius 3 is 2.48 bits per heavy atom. The van der Waals surface area contributed by atoms with E-state index in [4.69, 9.17) is 4.42 Å². The third-order valence-corrected chi connectivity index (χ3v) is 6.51. The minimum Gasteiger partial charge on any atom is -0.466 e. The maximum atomic E-state index is 13.5. The van der Waals surface area contributed by atoms with Crippen LogP contribution in [-0.2, 0) is 4.79 Å². The van der Waals surface area contributed by atoms with Gasteiger partial charge in [0.15, 0.2) is 16.8 Å². The topological polar surface area (TPSA) is 78.7 Å². The Balaban J connectivity index is 1.33. The molecule has 3 aromatic rings. The lowest BCUT2D eigenvalue weighted by molar-refractivity contribution is -0.121. The van der Waals surface area contributed by atoms with Crippen LogP contribution < -0.4 is 5.32 Å². The first-order chi connectivity index (χ1) is 15.7. The van der Waals surface area contributed by atoms with Gasteiger partial charge in [0.25, 0.3) is 5.91 Å². The molecule has 1 N–H and O–H groups in total. The molecule has 3 heterocycles. The molecule has 2 amide bonds. The van der Waals surface area contributed by atoms with E-state index in [0.717, 1.165) is 12.1 Å². The number of nitrogens with zero attached hydrogens (tertiary/aromatic N) is 3. The van der Waals surface area contributed by atoms with Gasteiger partial charge in [-0.05, 0) is 45.0 Å². The first-order valence-corrected chi connectivity index (χ1v) is 11.4. The fourth-order valence-electron chi connectivity index (χ4n) is 3.82. The number of aromatic nitrogens is 1. The number of amides is 2. The summed E-state index contributed by atoms with van der Waals surface area (Å²) < 4.78 is 32.1. The molecular weight excluding hydrogens is 450 g/mol. The van der Waals surface area contributed by atoms with Crippen LogP contribution in [-0.4, -0.2) is 58.8 Å². The fraction of sp³-hybridized carbons (Fsp3) is 0.348. The highest BCUT2D eigenvalue weighted by Crippen LogP contribution is 2.26. The van der Waals surface area contributed by atoms with E-state index in [-0.39, 0.29) is 11.8 Å². The molecule has 1 saturated heterocycles. The number of carbonyl (C=O) groups is 2. The smallest absolute Gasteiger partial charge is 0.257 e. The summed E-state index contributed by atoms with van der Waals surface area (Å²) in [6.45, 7) is 7.54. The number of nitrogens with one attached hydrogen (secondary N) is 1. The summed E-state index contributed by atoms with van der Waals surface area (Å²) >= 11 is 1.21. The molecule has 1 fully saturated rings. The van der Waals surface area contributed by atoms with Crippen LogP contribution in [0.3, 0.4) is 0 Å². The quantitative estimate of drug-likeness (QED) is 0.603. The van der Waals surface area contributed by atoms with Gasteiger partial charge in [0.2, 0.25) is 5.91 Å². The second-order valence-corrected chi connectivity index (χ2v) is 8.85. The van der Waals surface area contributed by atoms with Gasteiger partial charge in [-0.1, -0.05) is 0 Å². The highest BCUT2D eigenvalue weighted by Gasteiger charge is 2.29. The number of thiazole rings is 1. The van der Waals surface area contributed by atoms with E-state index in [0.29, 0.717) is 59.7 Å². The van der Waals surface area contributed by atoms with E-state index in [1.54, 1.807) is 30.2 Å². The number of aryl methyl sites for hydroxylation is 2. The van der Waals surface area contributed by atoms with Gasteiger partial charge in [0.1, 0.15) is 11.5 Å². The Hall–Kier alpha value is -3.11. The van der Waals surface area contributed by atoms with Crippen molar-refractivity contribution in [3.63, 3.8) is 0 Å². The highest BCUT2D eigenvalue weighted by atomic mass is 32.1. The Kier molecular flexibility index (Phi) is 6.57. The molecule has 0 radical (unpaired) electrons. The fourth-order valence-corrected chi connectivity index (χ4v) is 4.54. The van der Waals surface area contributed by atoms with E-state index >= 15 is 0 Å². The normalized spacial score (nSPS) is 15.5. The molecule has 0 aliphatic carbocycles. The summed E-state index contributed by atoms with van der Waals surface area (Å²) in [4.78, 5) is 33.6. The molecule has 1 aromatic carbocycles. The lowest BCUT2D eigenvalue weighted by atomic mass is 10.1. The van der Waals surface area contributed by atoms with Crippen molar-refractivity contribution in [1.29, 1.82) is 0 Å². The van der Waals surface area contributed by atoms with Crippen LogP contribution >= 0.6 is 11.3 Å². The van der Waals surface area contributed by atoms with Crippen LogP contribution in [0.15, 0.2) is 34.1 Å². The van der Waals surface area contributed by atoms with Crippen molar-refractivity contribution in [2.75, 3.05) is 31.5 Å². The zero-order valence-corrected chi connectivity index (χ0v) is 19.3. The predicted molar refractivity (Wildman–Crippen MR) is 121 cm³/mol. The van der Waals surface area contributed by atoms with Gasteiger partial charge in [0.05, 0.1) is 17.3 Å². The Bertz CT molecular complexity index is 1180. The molecule has 0 bridgehead atoms. The highest BCUT2D eigenvalue weighted by molar-refractivity contribution is 7.14. The largest absolute Gasteiger partial charge is 0.466 e. The summed E-state index contributed by atoms with van der Waals surface area (Å²) in [7, 11) is 0. The van der Waals surface area contributed by atoms with Gasteiger partial charge in [0, 0.05) is 37.1 Å². The summed E-state index contributed by atoms with van der Waals surface area (Å²) in [5, 5.41) is 4.85. The SMILES string of the molecule is Cc1cc(C(=O)N2CCN(C(C)C(=O)Nc3nc(-c4ccc(F)c(F)c4)cs3)CC2)c(C)o1. The Morgan fingerprint density at radius 1 is 1.12 bits per heavy atom. The van der Waals surface area contributed by atoms with Crippen molar-refractivity contribution < 1.29 is 22.8 Å². The van der Waals surface area contributed by atoms with Crippen molar-refractivity contribution in [3.05, 3.63) is 58.4 Å². The molecule has 4 rings (SSSR count). The van der Waals surface area contributed by atoms with Gasteiger partial charge >= 0.3 is 0 Å². The summed E-state index contributed by atoms with van der Waals surface area (Å²) in [6, 6.07) is 4.89. The number of benzene rings is 1. The number of hydrogen-bond donors (Lipinski definition) is 1. The lowest BCUT2D eigenvalue weighted by Gasteiger charge is -2.37. The third kappa shape index (κ3) is 4.96. The second-order valence-electron chi connectivity index (χ2n) is 7.99. The van der Waals surface area contributed by atoms with Crippen LogP contribution in [0.4, 0.5) is 13.9 Å². The van der Waals surface area contributed by atoms with Crippen molar-refractivity contribution >= 4 is 28.3 Å². The van der Waals surface area contributed by atoms with Gasteiger partial charge in [-0.3, -0.25) is 14.5 Å². The number of rotatable bonds is 5. The van der Waals surface area contributed by atoms with Gasteiger partial charge in [-0.25, -0.2) is 13.8 Å². The summed E-state index contributed by atoms with van der Waals surface area (Å²) in [5.74, 6) is -0.840. The number of carbonyl (C=O) groups excluding carboxylic acids is 2. The van der Waals surface area contributed by atoms with E-state index in [1.807, 2.05) is 11.8 Å². The monoisotopic (exact) mass is 474 g/mol. The van der Waals surface area contributed by atoms with Gasteiger partial charge < -0.3 is 14.6 Å². The number of halogens is 2. The Morgan fingerprint density at radius 2 is 1.85 bits per heavy atom. The predicted octanol–water partition coefficient (Wildman–Crippen LogP) is 4.08. The van der Waals surface area contributed by atoms with Crippen molar-refractivity contribution in [2.45, 2.75) is 26.8 Å². The molecule has 174 valence electrons. The van der Waals surface area contributed by atoms with Crippen LogP contribution in [0.2, 0.25) is 0 Å². The number of anilines is 1. The molecule has 0 spiro atoms. The third-order valence-electron chi connectivity index (χ3n) is 5.75. The summed E-state index contributed by atoms with van der Waals surface area (Å²) in [5.41, 5.74) is 1.47. The van der Waals surface area contributed by atoms with Crippen LogP contribution in [0, 0.1) is 25.5 Å². The van der Waals surface area contributed by atoms with Gasteiger partial charge in [-0.15, -0.1) is 11.3 Å². The average molecular weight is 475 g/mol. The molecule has 1 aliphatic heterocycles. The van der Waals surface area contributed by atoms with E-state index in [9.17, 15) is 18.4 Å². The number of hydrogen-bond acceptors (Lipinski definition) is 6. The minimum atomic E-state index is -0.949. The molecule has 1 unspecified atom stereocenters. The van der Waals surface area contributed by atoms with E-state index < -0.39 is 17.7 Å². The molecular formula is C23H24F2N4O3S. The average Bonchev–Trinajstić information content (AvgIpc) is 3.40. The lowest BCUT2D eigenvalue weighted by Crippen LogP contribution is -2.54. The summed E-state index contributed by atoms with van der Waals surface area (Å²) in [6.07, 6.45) is 0. The molecule has 0 saturated carbocycles.